The number of pyridine rings is 1. The number of carbonyl (C=O) groups excluding carboxylic acids is 3. The molecule has 0 spiro atoms. The molecule has 2 aliphatic heterocycles. The largest absolute Gasteiger partial charge is 0.353 e. The molecule has 0 radical (unpaired) electrons. The van der Waals surface area contributed by atoms with Crippen molar-refractivity contribution in [2.45, 2.75) is 18.8 Å². The number of benzene rings is 1. The number of carbonyl (C=O) groups is 3. The number of rotatable bonds is 4. The molecule has 3 aromatic rings. The van der Waals surface area contributed by atoms with E-state index in [2.05, 4.69) is 31.0 Å². The van der Waals surface area contributed by atoms with Gasteiger partial charge in [0.05, 0.1) is 5.01 Å². The lowest BCUT2D eigenvalue weighted by atomic mass is 9.98. The van der Waals surface area contributed by atoms with Crippen molar-refractivity contribution in [3.63, 3.8) is 0 Å². The van der Waals surface area contributed by atoms with Crippen molar-refractivity contribution in [2.75, 3.05) is 49.5 Å². The lowest BCUT2D eigenvalue weighted by Crippen LogP contribution is -2.54. The maximum atomic E-state index is 13.1. The summed E-state index contributed by atoms with van der Waals surface area (Å²) in [6, 6.07) is 14.4. The summed E-state index contributed by atoms with van der Waals surface area (Å²) in [5.74, 6) is 0.664. The first kappa shape index (κ1) is 25.5. The van der Waals surface area contributed by atoms with E-state index in [1.165, 1.54) is 11.3 Å². The smallest absolute Gasteiger partial charge is 0.337 e. The number of amides is 5. The Hall–Kier alpha value is -4.19. The molecule has 38 heavy (non-hydrogen) atoms. The first-order valence-corrected chi connectivity index (χ1v) is 13.5. The van der Waals surface area contributed by atoms with E-state index in [4.69, 9.17) is 0 Å². The first-order valence-electron chi connectivity index (χ1n) is 12.6. The molecule has 2 aliphatic rings. The summed E-state index contributed by atoms with van der Waals surface area (Å²) >= 11 is 1.43. The zero-order valence-electron chi connectivity index (χ0n) is 20.9. The van der Waals surface area contributed by atoms with Gasteiger partial charge in [-0.25, -0.2) is 25.0 Å². The fourth-order valence-electron chi connectivity index (χ4n) is 4.63. The highest BCUT2D eigenvalue weighted by atomic mass is 32.1. The van der Waals surface area contributed by atoms with Crippen molar-refractivity contribution in [3.05, 3.63) is 70.8 Å². The van der Waals surface area contributed by atoms with Gasteiger partial charge in [0.25, 0.3) is 5.91 Å². The van der Waals surface area contributed by atoms with Gasteiger partial charge >= 0.3 is 12.1 Å². The fraction of sp³-hybridized carbons (Fsp3) is 0.346. The molecule has 0 atom stereocenters. The summed E-state index contributed by atoms with van der Waals surface area (Å²) in [5, 5.41) is 5.20. The van der Waals surface area contributed by atoms with Crippen LogP contribution in [-0.2, 0) is 0 Å². The average molecular weight is 535 g/mol. The van der Waals surface area contributed by atoms with Gasteiger partial charge in [0.15, 0.2) is 0 Å². The predicted octanol–water partition coefficient (Wildman–Crippen LogP) is 3.13. The molecule has 2 aromatic heterocycles. The molecule has 12 heteroatoms. The Bertz CT molecular complexity index is 1240. The van der Waals surface area contributed by atoms with E-state index in [1.807, 2.05) is 34.1 Å². The summed E-state index contributed by atoms with van der Waals surface area (Å²) < 4.78 is 0. The minimum absolute atomic E-state index is 0.0863. The molecule has 0 aliphatic carbocycles. The van der Waals surface area contributed by atoms with Crippen molar-refractivity contribution in [3.8, 4) is 0 Å². The van der Waals surface area contributed by atoms with Gasteiger partial charge in [0.1, 0.15) is 11.5 Å². The summed E-state index contributed by atoms with van der Waals surface area (Å²) in [6.07, 6.45) is 3.38. The number of urea groups is 2. The first-order chi connectivity index (χ1) is 18.6. The van der Waals surface area contributed by atoms with Crippen LogP contribution in [0.3, 0.4) is 0 Å². The van der Waals surface area contributed by atoms with Crippen LogP contribution in [0.1, 0.15) is 34.3 Å². The topological polar surface area (TPSA) is 123 Å². The minimum Gasteiger partial charge on any atom is -0.353 e. The number of thiazole rings is 1. The van der Waals surface area contributed by atoms with Crippen LogP contribution in [0.25, 0.3) is 0 Å². The number of para-hydroxylation sites is 1. The Morgan fingerprint density at radius 1 is 0.842 bits per heavy atom. The molecule has 0 unspecified atom stereocenters. The molecule has 1 aromatic carbocycles. The van der Waals surface area contributed by atoms with Gasteiger partial charge in [-0.2, -0.15) is 0 Å². The molecular weight excluding hydrogens is 504 g/mol. The zero-order chi connectivity index (χ0) is 26.3. The van der Waals surface area contributed by atoms with Gasteiger partial charge in [0, 0.05) is 62.5 Å². The number of hydrazine groups is 1. The lowest BCUT2D eigenvalue weighted by molar-refractivity contribution is 0.0933. The maximum Gasteiger partial charge on any atom is 0.337 e. The van der Waals surface area contributed by atoms with Crippen LogP contribution in [0.4, 0.5) is 21.1 Å². The van der Waals surface area contributed by atoms with Gasteiger partial charge < -0.3 is 20.0 Å². The highest BCUT2D eigenvalue weighted by Gasteiger charge is 2.30. The van der Waals surface area contributed by atoms with E-state index < -0.39 is 11.9 Å². The number of hydrogen-bond donors (Lipinski definition) is 3. The van der Waals surface area contributed by atoms with Crippen molar-refractivity contribution in [1.82, 2.24) is 30.6 Å². The van der Waals surface area contributed by atoms with Gasteiger partial charge in [0.2, 0.25) is 0 Å². The molecule has 2 saturated heterocycles. The zero-order valence-corrected chi connectivity index (χ0v) is 21.7. The van der Waals surface area contributed by atoms with Crippen molar-refractivity contribution in [2.24, 2.45) is 0 Å². The number of piperazine rings is 1. The van der Waals surface area contributed by atoms with Crippen LogP contribution in [0.5, 0.6) is 0 Å². The van der Waals surface area contributed by atoms with Crippen LogP contribution in [0.2, 0.25) is 0 Å². The minimum atomic E-state index is -0.546. The summed E-state index contributed by atoms with van der Waals surface area (Å²) in [6.45, 7) is 4.21. The van der Waals surface area contributed by atoms with Gasteiger partial charge in [-0.1, -0.05) is 24.3 Å². The number of nitrogens with zero attached hydrogens (tertiary/aromatic N) is 5. The van der Waals surface area contributed by atoms with Crippen molar-refractivity contribution < 1.29 is 14.4 Å². The fourth-order valence-corrected chi connectivity index (χ4v) is 5.60. The maximum absolute atomic E-state index is 13.1. The Labute approximate surface area is 224 Å². The van der Waals surface area contributed by atoms with Crippen LogP contribution in [0, 0.1) is 0 Å². The second-order valence-corrected chi connectivity index (χ2v) is 10.1. The summed E-state index contributed by atoms with van der Waals surface area (Å²) in [7, 11) is 0. The molecular formula is C26H30N8O3S. The van der Waals surface area contributed by atoms with E-state index in [0.717, 1.165) is 36.8 Å². The molecule has 4 heterocycles. The van der Waals surface area contributed by atoms with Crippen LogP contribution < -0.4 is 21.1 Å². The number of hydrogen-bond acceptors (Lipinski definition) is 7. The van der Waals surface area contributed by atoms with E-state index in [9.17, 15) is 14.4 Å². The Morgan fingerprint density at radius 2 is 1.55 bits per heavy atom. The number of aromatic nitrogens is 2. The Balaban J connectivity index is 1.05. The number of likely N-dealkylation sites (tertiary alicyclic amines) is 1. The summed E-state index contributed by atoms with van der Waals surface area (Å²) in [5.41, 5.74) is 5.60. The second-order valence-electron chi connectivity index (χ2n) is 9.18. The molecule has 11 nitrogen and oxygen atoms in total. The van der Waals surface area contributed by atoms with Crippen molar-refractivity contribution >= 4 is 40.8 Å². The molecule has 2 fully saturated rings. The highest BCUT2D eigenvalue weighted by Crippen LogP contribution is 2.31. The van der Waals surface area contributed by atoms with E-state index in [0.29, 0.717) is 31.9 Å². The van der Waals surface area contributed by atoms with E-state index >= 15 is 0 Å². The van der Waals surface area contributed by atoms with Gasteiger partial charge in [-0.05, 0) is 37.1 Å². The lowest BCUT2D eigenvalue weighted by Gasteiger charge is -2.39. The Kier molecular flexibility index (Phi) is 7.98. The second kappa shape index (κ2) is 11.9. The number of nitrogens with one attached hydrogen (secondary N) is 3. The number of piperidine rings is 1. The standard InChI is InChI=1S/C26H30N8O3S/c35-23(30-31-25(36)28-20-6-2-1-3-7-20)21-18-38-24(29-21)19-9-12-33(13-10-19)26(37)34-16-14-32(15-17-34)22-8-4-5-11-27-22/h1-8,11,18-19H,9-10,12-17H2,(H,30,35)(H2,28,31,36). The highest BCUT2D eigenvalue weighted by molar-refractivity contribution is 7.09. The number of anilines is 2. The quantitative estimate of drug-likeness (QED) is 0.442. The molecule has 0 bridgehead atoms. The average Bonchev–Trinajstić information content (AvgIpc) is 3.47. The normalized spacial score (nSPS) is 16.2. The van der Waals surface area contributed by atoms with E-state index in [-0.39, 0.29) is 17.6 Å². The molecule has 0 saturated carbocycles. The van der Waals surface area contributed by atoms with Crippen LogP contribution in [0.15, 0.2) is 60.1 Å². The third kappa shape index (κ3) is 6.20. The predicted molar refractivity (Wildman–Crippen MR) is 145 cm³/mol. The molecule has 198 valence electrons. The van der Waals surface area contributed by atoms with Gasteiger partial charge in [-0.15, -0.1) is 11.3 Å². The molecule has 3 N–H and O–H groups in total. The van der Waals surface area contributed by atoms with Crippen LogP contribution in [-0.4, -0.2) is 77.0 Å². The Morgan fingerprint density at radius 3 is 2.26 bits per heavy atom. The van der Waals surface area contributed by atoms with Crippen LogP contribution >= 0.6 is 11.3 Å². The molecule has 5 amide bonds. The monoisotopic (exact) mass is 534 g/mol. The van der Waals surface area contributed by atoms with Crippen molar-refractivity contribution in [1.29, 1.82) is 0 Å². The summed E-state index contributed by atoms with van der Waals surface area (Å²) in [4.78, 5) is 52.5. The third-order valence-electron chi connectivity index (χ3n) is 6.71. The third-order valence-corrected chi connectivity index (χ3v) is 7.72. The van der Waals surface area contributed by atoms with E-state index in [1.54, 1.807) is 35.8 Å². The molecule has 5 rings (SSSR count). The SMILES string of the molecule is O=C(NNC(=O)c1csc(C2CCN(C(=O)N3CCN(c4ccccn4)CC3)CC2)n1)Nc1ccccc1. The van der Waals surface area contributed by atoms with Gasteiger partial charge in [-0.3, -0.25) is 10.2 Å².